The summed E-state index contributed by atoms with van der Waals surface area (Å²) in [6.07, 6.45) is 4.63. The molecular weight excluding hydrogens is 188 g/mol. The lowest BCUT2D eigenvalue weighted by Gasteiger charge is -2.25. The van der Waals surface area contributed by atoms with E-state index in [0.29, 0.717) is 11.8 Å². The van der Waals surface area contributed by atoms with E-state index in [1.807, 2.05) is 0 Å². The van der Waals surface area contributed by atoms with Gasteiger partial charge in [-0.05, 0) is 30.7 Å². The van der Waals surface area contributed by atoms with Gasteiger partial charge in [-0.2, -0.15) is 5.10 Å². The van der Waals surface area contributed by atoms with Gasteiger partial charge in [0.05, 0.1) is 5.69 Å². The number of aliphatic hydroxyl groups excluding tert-OH is 1. The molecule has 0 radical (unpaired) electrons. The SMILES string of the molecule is CC(C)c1n[nH]c(C2CCC2)c1CCO. The Morgan fingerprint density at radius 1 is 1.47 bits per heavy atom. The van der Waals surface area contributed by atoms with Crippen LogP contribution in [0.3, 0.4) is 0 Å². The van der Waals surface area contributed by atoms with Crippen molar-refractivity contribution in [3.63, 3.8) is 0 Å². The quantitative estimate of drug-likeness (QED) is 0.798. The van der Waals surface area contributed by atoms with Crippen LogP contribution in [0.15, 0.2) is 0 Å². The Morgan fingerprint density at radius 2 is 2.20 bits per heavy atom. The Hall–Kier alpha value is -0.830. The first-order valence-electron chi connectivity index (χ1n) is 5.92. The molecule has 2 rings (SSSR count). The molecule has 0 bridgehead atoms. The summed E-state index contributed by atoms with van der Waals surface area (Å²) in [7, 11) is 0. The number of nitrogens with zero attached hydrogens (tertiary/aromatic N) is 1. The molecule has 84 valence electrons. The molecule has 1 aromatic rings. The van der Waals surface area contributed by atoms with Gasteiger partial charge >= 0.3 is 0 Å². The van der Waals surface area contributed by atoms with Crippen molar-refractivity contribution in [2.75, 3.05) is 6.61 Å². The molecule has 0 saturated heterocycles. The zero-order valence-electron chi connectivity index (χ0n) is 9.58. The summed E-state index contributed by atoms with van der Waals surface area (Å²) in [6, 6.07) is 0. The summed E-state index contributed by atoms with van der Waals surface area (Å²) in [5, 5.41) is 16.7. The molecule has 0 aliphatic heterocycles. The number of aromatic amines is 1. The van der Waals surface area contributed by atoms with E-state index >= 15 is 0 Å². The standard InChI is InChI=1S/C12H20N2O/c1-8(2)11-10(6-7-15)12(14-13-11)9-4-3-5-9/h8-9,15H,3-7H2,1-2H3,(H,13,14). The molecule has 1 saturated carbocycles. The van der Waals surface area contributed by atoms with Crippen LogP contribution in [0.1, 0.15) is 61.9 Å². The van der Waals surface area contributed by atoms with Gasteiger partial charge in [0.2, 0.25) is 0 Å². The lowest BCUT2D eigenvalue weighted by molar-refractivity contribution is 0.297. The molecule has 0 aromatic carbocycles. The molecule has 0 spiro atoms. The van der Waals surface area contributed by atoms with Crippen LogP contribution in [-0.2, 0) is 6.42 Å². The Labute approximate surface area is 90.9 Å². The number of aromatic nitrogens is 2. The third-order valence-electron chi connectivity index (χ3n) is 3.35. The van der Waals surface area contributed by atoms with Crippen LogP contribution in [-0.4, -0.2) is 21.9 Å². The number of aliphatic hydroxyl groups is 1. The van der Waals surface area contributed by atoms with Crippen LogP contribution >= 0.6 is 0 Å². The highest BCUT2D eigenvalue weighted by molar-refractivity contribution is 5.31. The summed E-state index contributed by atoms with van der Waals surface area (Å²) in [5.41, 5.74) is 3.71. The molecule has 1 aromatic heterocycles. The third kappa shape index (κ3) is 1.93. The highest BCUT2D eigenvalue weighted by Crippen LogP contribution is 2.38. The number of rotatable bonds is 4. The fourth-order valence-electron chi connectivity index (χ4n) is 2.28. The van der Waals surface area contributed by atoms with Crippen LogP contribution < -0.4 is 0 Å². The van der Waals surface area contributed by atoms with Crippen LogP contribution in [0.25, 0.3) is 0 Å². The lowest BCUT2D eigenvalue weighted by atomic mass is 9.80. The van der Waals surface area contributed by atoms with E-state index in [2.05, 4.69) is 24.0 Å². The van der Waals surface area contributed by atoms with Gasteiger partial charge in [-0.3, -0.25) is 5.10 Å². The van der Waals surface area contributed by atoms with Gasteiger partial charge in [0.15, 0.2) is 0 Å². The highest BCUT2D eigenvalue weighted by atomic mass is 16.2. The largest absolute Gasteiger partial charge is 0.396 e. The number of hydrogen-bond donors (Lipinski definition) is 2. The van der Waals surface area contributed by atoms with Gasteiger partial charge in [0.25, 0.3) is 0 Å². The van der Waals surface area contributed by atoms with Crippen molar-refractivity contribution in [3.05, 3.63) is 17.0 Å². The summed E-state index contributed by atoms with van der Waals surface area (Å²) in [6.45, 7) is 4.53. The first-order valence-corrected chi connectivity index (χ1v) is 5.92. The Balaban J connectivity index is 2.28. The average Bonchev–Trinajstić information content (AvgIpc) is 2.47. The first kappa shape index (κ1) is 10.7. The molecule has 1 fully saturated rings. The van der Waals surface area contributed by atoms with Crippen molar-refractivity contribution in [1.29, 1.82) is 0 Å². The van der Waals surface area contributed by atoms with Crippen molar-refractivity contribution in [1.82, 2.24) is 10.2 Å². The van der Waals surface area contributed by atoms with Crippen LogP contribution in [0.4, 0.5) is 0 Å². The third-order valence-corrected chi connectivity index (χ3v) is 3.35. The first-order chi connectivity index (χ1) is 7.24. The molecule has 1 aliphatic rings. The molecule has 0 atom stereocenters. The maximum Gasteiger partial charge on any atom is 0.0683 e. The van der Waals surface area contributed by atoms with E-state index < -0.39 is 0 Å². The van der Waals surface area contributed by atoms with E-state index in [4.69, 9.17) is 5.11 Å². The minimum absolute atomic E-state index is 0.221. The molecule has 2 N–H and O–H groups in total. The van der Waals surface area contributed by atoms with E-state index in [0.717, 1.165) is 12.1 Å². The van der Waals surface area contributed by atoms with Crippen molar-refractivity contribution >= 4 is 0 Å². The fraction of sp³-hybridized carbons (Fsp3) is 0.750. The molecule has 0 amide bonds. The van der Waals surface area contributed by atoms with E-state index in [9.17, 15) is 0 Å². The molecule has 3 heteroatoms. The molecule has 1 heterocycles. The Morgan fingerprint density at radius 3 is 2.67 bits per heavy atom. The van der Waals surface area contributed by atoms with Gasteiger partial charge in [-0.25, -0.2) is 0 Å². The maximum atomic E-state index is 9.10. The second kappa shape index (κ2) is 4.35. The molecule has 1 aliphatic carbocycles. The van der Waals surface area contributed by atoms with Gasteiger partial charge in [-0.15, -0.1) is 0 Å². The minimum Gasteiger partial charge on any atom is -0.396 e. The number of hydrogen-bond acceptors (Lipinski definition) is 2. The Kier molecular flexibility index (Phi) is 3.10. The predicted molar refractivity (Wildman–Crippen MR) is 60.1 cm³/mol. The minimum atomic E-state index is 0.221. The smallest absolute Gasteiger partial charge is 0.0683 e. The van der Waals surface area contributed by atoms with E-state index in [1.165, 1.54) is 30.5 Å². The summed E-state index contributed by atoms with van der Waals surface area (Å²) in [5.74, 6) is 1.11. The van der Waals surface area contributed by atoms with Crippen molar-refractivity contribution in [3.8, 4) is 0 Å². The number of nitrogens with one attached hydrogen (secondary N) is 1. The van der Waals surface area contributed by atoms with E-state index in [-0.39, 0.29) is 6.61 Å². The Bertz CT molecular complexity index is 326. The number of H-pyrrole nitrogens is 1. The fourth-order valence-corrected chi connectivity index (χ4v) is 2.28. The highest BCUT2D eigenvalue weighted by Gasteiger charge is 2.26. The van der Waals surface area contributed by atoms with Crippen LogP contribution in [0.5, 0.6) is 0 Å². The van der Waals surface area contributed by atoms with Crippen molar-refractivity contribution in [2.45, 2.75) is 51.4 Å². The molecule has 15 heavy (non-hydrogen) atoms. The van der Waals surface area contributed by atoms with Crippen molar-refractivity contribution in [2.24, 2.45) is 0 Å². The van der Waals surface area contributed by atoms with Gasteiger partial charge < -0.3 is 5.11 Å². The predicted octanol–water partition coefficient (Wildman–Crippen LogP) is 2.34. The maximum absolute atomic E-state index is 9.10. The normalized spacial score (nSPS) is 17.1. The van der Waals surface area contributed by atoms with Crippen LogP contribution in [0, 0.1) is 0 Å². The van der Waals surface area contributed by atoms with Crippen molar-refractivity contribution < 1.29 is 5.11 Å². The van der Waals surface area contributed by atoms with Crippen LogP contribution in [0.2, 0.25) is 0 Å². The molecule has 0 unspecified atom stereocenters. The van der Waals surface area contributed by atoms with Gasteiger partial charge in [0, 0.05) is 18.2 Å². The molecule has 3 nitrogen and oxygen atoms in total. The molecular formula is C12H20N2O. The zero-order valence-corrected chi connectivity index (χ0v) is 9.58. The average molecular weight is 208 g/mol. The monoisotopic (exact) mass is 208 g/mol. The topological polar surface area (TPSA) is 48.9 Å². The summed E-state index contributed by atoms with van der Waals surface area (Å²) < 4.78 is 0. The summed E-state index contributed by atoms with van der Waals surface area (Å²) in [4.78, 5) is 0. The summed E-state index contributed by atoms with van der Waals surface area (Å²) >= 11 is 0. The van der Waals surface area contributed by atoms with Gasteiger partial charge in [-0.1, -0.05) is 20.3 Å². The second-order valence-electron chi connectivity index (χ2n) is 4.76. The van der Waals surface area contributed by atoms with Gasteiger partial charge in [0.1, 0.15) is 0 Å². The van der Waals surface area contributed by atoms with E-state index in [1.54, 1.807) is 0 Å². The zero-order chi connectivity index (χ0) is 10.8. The second-order valence-corrected chi connectivity index (χ2v) is 4.76. The lowest BCUT2D eigenvalue weighted by Crippen LogP contribution is -2.12.